The summed E-state index contributed by atoms with van der Waals surface area (Å²) in [6.07, 6.45) is 7.62. The highest BCUT2D eigenvalue weighted by molar-refractivity contribution is 7.99. The molecule has 1 atom stereocenters. The van der Waals surface area contributed by atoms with Crippen molar-refractivity contribution in [3.05, 3.63) is 59.4 Å². The van der Waals surface area contributed by atoms with Crippen LogP contribution in [0.4, 0.5) is 11.8 Å². The van der Waals surface area contributed by atoms with Crippen molar-refractivity contribution in [2.24, 2.45) is 5.92 Å². The van der Waals surface area contributed by atoms with E-state index in [2.05, 4.69) is 38.5 Å². The van der Waals surface area contributed by atoms with Crippen molar-refractivity contribution in [3.8, 4) is 0 Å². The van der Waals surface area contributed by atoms with Crippen LogP contribution in [0.15, 0.2) is 59.0 Å². The summed E-state index contributed by atoms with van der Waals surface area (Å²) in [4.78, 5) is 20.6. The number of thiocarbonyl (C=S) groups is 1. The topological polar surface area (TPSA) is 88.1 Å². The molecule has 5 rings (SSSR count). The van der Waals surface area contributed by atoms with Crippen molar-refractivity contribution < 1.29 is 4.74 Å². The van der Waals surface area contributed by atoms with Gasteiger partial charge in [0.15, 0.2) is 10.3 Å². The summed E-state index contributed by atoms with van der Waals surface area (Å²) >= 11 is 13.5. The number of halogens is 1. The molecule has 2 saturated heterocycles. The first-order valence-corrected chi connectivity index (χ1v) is 14.6. The van der Waals surface area contributed by atoms with Gasteiger partial charge in [0.2, 0.25) is 5.95 Å². The zero-order valence-corrected chi connectivity index (χ0v) is 23.8. The van der Waals surface area contributed by atoms with E-state index in [1.807, 2.05) is 24.3 Å². The van der Waals surface area contributed by atoms with Crippen LogP contribution < -0.4 is 15.5 Å². The third-order valence-corrected chi connectivity index (χ3v) is 8.40. The zero-order chi connectivity index (χ0) is 26.4. The van der Waals surface area contributed by atoms with E-state index < -0.39 is 0 Å². The Morgan fingerprint density at radius 2 is 2.00 bits per heavy atom. The maximum Gasteiger partial charge on any atom is 0.232 e. The highest BCUT2D eigenvalue weighted by atomic mass is 35.5. The average Bonchev–Trinajstić information content (AvgIpc) is 2.93. The van der Waals surface area contributed by atoms with Gasteiger partial charge in [0.05, 0.1) is 0 Å². The van der Waals surface area contributed by atoms with Crippen LogP contribution in [-0.2, 0) is 10.2 Å². The Morgan fingerprint density at radius 3 is 2.76 bits per heavy atom. The Balaban J connectivity index is 1.33. The Kier molecular flexibility index (Phi) is 8.93. The minimum absolute atomic E-state index is 0.118. The second kappa shape index (κ2) is 12.5. The van der Waals surface area contributed by atoms with Crippen LogP contribution in [0.3, 0.4) is 0 Å². The zero-order valence-electron chi connectivity index (χ0n) is 21.4. The van der Waals surface area contributed by atoms with Gasteiger partial charge in [-0.2, -0.15) is 4.98 Å². The molecule has 2 N–H and O–H groups in total. The molecular formula is C27H32ClN7OS2. The molecule has 0 amide bonds. The lowest BCUT2D eigenvalue weighted by Gasteiger charge is -2.38. The van der Waals surface area contributed by atoms with Gasteiger partial charge in [-0.25, -0.2) is 15.0 Å². The fourth-order valence-electron chi connectivity index (χ4n) is 5.06. The maximum absolute atomic E-state index is 6.34. The van der Waals surface area contributed by atoms with Crippen molar-refractivity contribution in [1.29, 1.82) is 0 Å². The fourth-order valence-corrected chi connectivity index (χ4v) is 6.12. The second-order valence-electron chi connectivity index (χ2n) is 9.93. The first kappa shape index (κ1) is 27.1. The van der Waals surface area contributed by atoms with E-state index in [4.69, 9.17) is 38.5 Å². The second-order valence-corrected chi connectivity index (χ2v) is 11.8. The number of rotatable bonds is 7. The lowest BCUT2D eigenvalue weighted by Crippen LogP contribution is -2.45. The SMILES string of the molecule is CC1CCCN(c2cc(Sc3ncccn3)nc(NC(=S)NCC3(c4cccc(Cl)c4)CCOCC3)n2)C1. The normalized spacial score (nSPS) is 19.1. The number of piperidine rings is 1. The Bertz CT molecular complexity index is 1240. The van der Waals surface area contributed by atoms with Crippen LogP contribution in [0.2, 0.25) is 5.02 Å². The Labute approximate surface area is 238 Å². The summed E-state index contributed by atoms with van der Waals surface area (Å²) in [5.74, 6) is 1.96. The third-order valence-electron chi connectivity index (χ3n) is 7.11. The van der Waals surface area contributed by atoms with Crippen molar-refractivity contribution in [2.45, 2.75) is 48.2 Å². The van der Waals surface area contributed by atoms with Crippen molar-refractivity contribution in [3.63, 3.8) is 0 Å². The average molecular weight is 570 g/mol. The molecule has 2 aliphatic rings. The highest BCUT2D eigenvalue weighted by Crippen LogP contribution is 2.35. The van der Waals surface area contributed by atoms with Gasteiger partial charge in [0, 0.05) is 61.7 Å². The molecule has 11 heteroatoms. The predicted octanol–water partition coefficient (Wildman–Crippen LogP) is 5.34. The van der Waals surface area contributed by atoms with Gasteiger partial charge in [0.25, 0.3) is 0 Å². The molecule has 2 aliphatic heterocycles. The van der Waals surface area contributed by atoms with E-state index >= 15 is 0 Å². The van der Waals surface area contributed by atoms with E-state index in [0.717, 1.165) is 48.2 Å². The van der Waals surface area contributed by atoms with Gasteiger partial charge in [-0.05, 0) is 79.3 Å². The van der Waals surface area contributed by atoms with Crippen LogP contribution in [-0.4, -0.2) is 57.9 Å². The number of hydrogen-bond donors (Lipinski definition) is 2. The molecular weight excluding hydrogens is 538 g/mol. The van der Waals surface area contributed by atoms with Gasteiger partial charge in [-0.3, -0.25) is 0 Å². The minimum Gasteiger partial charge on any atom is -0.381 e. The lowest BCUT2D eigenvalue weighted by molar-refractivity contribution is 0.0515. The molecule has 38 heavy (non-hydrogen) atoms. The van der Waals surface area contributed by atoms with Gasteiger partial charge in [-0.1, -0.05) is 30.7 Å². The summed E-state index contributed by atoms with van der Waals surface area (Å²) < 4.78 is 5.67. The molecule has 4 heterocycles. The van der Waals surface area contributed by atoms with E-state index in [1.165, 1.54) is 23.7 Å². The third kappa shape index (κ3) is 6.91. The number of nitrogens with one attached hydrogen (secondary N) is 2. The number of aromatic nitrogens is 4. The number of ether oxygens (including phenoxy) is 1. The van der Waals surface area contributed by atoms with Gasteiger partial charge in [0.1, 0.15) is 10.8 Å². The summed E-state index contributed by atoms with van der Waals surface area (Å²) in [6, 6.07) is 11.9. The van der Waals surface area contributed by atoms with Crippen molar-refractivity contribution in [2.75, 3.05) is 43.1 Å². The first-order chi connectivity index (χ1) is 18.5. The summed E-state index contributed by atoms with van der Waals surface area (Å²) in [6.45, 7) is 6.29. The molecule has 200 valence electrons. The van der Waals surface area contributed by atoms with Crippen LogP contribution in [0.25, 0.3) is 0 Å². The van der Waals surface area contributed by atoms with E-state index in [9.17, 15) is 0 Å². The largest absolute Gasteiger partial charge is 0.381 e. The van der Waals surface area contributed by atoms with Gasteiger partial charge in [-0.15, -0.1) is 0 Å². The lowest BCUT2D eigenvalue weighted by atomic mass is 9.74. The molecule has 0 spiro atoms. The molecule has 0 saturated carbocycles. The van der Waals surface area contributed by atoms with Crippen LogP contribution in [0, 0.1) is 5.92 Å². The first-order valence-electron chi connectivity index (χ1n) is 13.0. The summed E-state index contributed by atoms with van der Waals surface area (Å²) in [7, 11) is 0. The number of anilines is 2. The van der Waals surface area contributed by atoms with Crippen LogP contribution in [0.5, 0.6) is 0 Å². The predicted molar refractivity (Wildman–Crippen MR) is 156 cm³/mol. The fraction of sp³-hybridized carbons (Fsp3) is 0.444. The molecule has 0 aliphatic carbocycles. The number of hydrogen-bond acceptors (Lipinski definition) is 8. The Morgan fingerprint density at radius 1 is 1.18 bits per heavy atom. The highest BCUT2D eigenvalue weighted by Gasteiger charge is 2.35. The molecule has 2 fully saturated rings. The Hall–Kier alpha value is -2.53. The molecule has 0 bridgehead atoms. The molecule has 0 radical (unpaired) electrons. The van der Waals surface area contributed by atoms with Gasteiger partial charge < -0.3 is 20.3 Å². The summed E-state index contributed by atoms with van der Waals surface area (Å²) in [5.41, 5.74) is 1.08. The molecule has 1 unspecified atom stereocenters. The number of nitrogens with zero attached hydrogens (tertiary/aromatic N) is 5. The smallest absolute Gasteiger partial charge is 0.232 e. The quantitative estimate of drug-likeness (QED) is 0.221. The van der Waals surface area contributed by atoms with Crippen molar-refractivity contribution in [1.82, 2.24) is 25.3 Å². The molecule has 2 aromatic heterocycles. The van der Waals surface area contributed by atoms with E-state index in [0.29, 0.717) is 41.9 Å². The maximum atomic E-state index is 6.34. The van der Waals surface area contributed by atoms with Crippen LogP contribution >= 0.6 is 35.6 Å². The molecule has 1 aromatic carbocycles. The van der Waals surface area contributed by atoms with Crippen molar-refractivity contribution >= 4 is 52.5 Å². The standard InChI is InChI=1S/C27H32ClN7OS2/c1-19-5-3-12-35(17-19)22-16-23(38-26-29-10-4-11-30-26)33-24(32-22)34-25(37)31-18-27(8-13-36-14-9-27)20-6-2-7-21(28)15-20/h2,4,6-7,10-11,15-16,19H,3,5,8-9,12-14,17-18H2,1H3,(H2,31,32,33,34,37). The summed E-state index contributed by atoms with van der Waals surface area (Å²) in [5, 5.41) is 9.29. The minimum atomic E-state index is -0.118. The molecule has 8 nitrogen and oxygen atoms in total. The van der Waals surface area contributed by atoms with Crippen LogP contribution in [0.1, 0.15) is 38.2 Å². The van der Waals surface area contributed by atoms with E-state index in [1.54, 1.807) is 18.5 Å². The van der Waals surface area contributed by atoms with E-state index in [-0.39, 0.29) is 5.41 Å². The van der Waals surface area contributed by atoms with Gasteiger partial charge >= 0.3 is 0 Å². The molecule has 3 aromatic rings. The monoisotopic (exact) mass is 569 g/mol. The number of benzene rings is 1.